The van der Waals surface area contributed by atoms with Crippen LogP contribution in [0.25, 0.3) is 22.3 Å². The van der Waals surface area contributed by atoms with Crippen molar-refractivity contribution in [1.82, 2.24) is 19.0 Å². The average Bonchev–Trinajstić information content (AvgIpc) is 3.38. The van der Waals surface area contributed by atoms with Crippen LogP contribution in [-0.2, 0) is 37.3 Å². The van der Waals surface area contributed by atoms with Gasteiger partial charge in [0.15, 0.2) is 0 Å². The van der Waals surface area contributed by atoms with E-state index in [9.17, 15) is 14.4 Å². The second-order valence-electron chi connectivity index (χ2n) is 9.87. The number of carbonyl (C=O) groups excluding carboxylic acids is 1. The van der Waals surface area contributed by atoms with Crippen LogP contribution in [0.1, 0.15) is 49.8 Å². The molecule has 7 heteroatoms. The number of nitrogens with zero attached hydrogens (tertiary/aromatic N) is 3. The van der Waals surface area contributed by atoms with E-state index in [0.29, 0.717) is 43.5 Å². The van der Waals surface area contributed by atoms with E-state index >= 15 is 0 Å². The standard InChI is InChI=1S/C30H34N4O3/c1-3-16-33-26-19-25(31-28(26)29(36)34(17-4-2)30(33)37)23-12-9-21(10-13-23)11-14-27(35)32-18-15-22-7-5-6-8-24(22)20-32/h5-10,12-13,19,31H,3-4,11,14-18,20H2,1-2H3. The zero-order valence-electron chi connectivity index (χ0n) is 21.6. The van der Waals surface area contributed by atoms with Gasteiger partial charge in [0.25, 0.3) is 5.56 Å². The van der Waals surface area contributed by atoms with Crippen LogP contribution in [0.5, 0.6) is 0 Å². The lowest BCUT2D eigenvalue weighted by atomic mass is 9.99. The van der Waals surface area contributed by atoms with Gasteiger partial charge in [0.1, 0.15) is 5.52 Å². The number of nitrogens with one attached hydrogen (secondary N) is 1. The Bertz CT molecular complexity index is 1540. The van der Waals surface area contributed by atoms with Gasteiger partial charge >= 0.3 is 5.69 Å². The summed E-state index contributed by atoms with van der Waals surface area (Å²) in [5, 5.41) is 0. The fourth-order valence-corrected chi connectivity index (χ4v) is 5.28. The third-order valence-corrected chi connectivity index (χ3v) is 7.28. The first kappa shape index (κ1) is 24.8. The Hall–Kier alpha value is -3.87. The molecule has 0 spiro atoms. The van der Waals surface area contributed by atoms with Gasteiger partial charge in [0, 0.05) is 38.3 Å². The van der Waals surface area contributed by atoms with E-state index < -0.39 is 0 Å². The van der Waals surface area contributed by atoms with Gasteiger partial charge in [0.05, 0.1) is 5.52 Å². The van der Waals surface area contributed by atoms with E-state index in [1.165, 1.54) is 15.7 Å². The van der Waals surface area contributed by atoms with Gasteiger partial charge in [-0.05, 0) is 54.0 Å². The third kappa shape index (κ3) is 4.90. The third-order valence-electron chi connectivity index (χ3n) is 7.28. The number of rotatable bonds is 8. The van der Waals surface area contributed by atoms with Crippen molar-refractivity contribution in [2.75, 3.05) is 6.54 Å². The topological polar surface area (TPSA) is 80.1 Å². The molecule has 5 rings (SSSR count). The maximum atomic E-state index is 13.0. The molecule has 3 heterocycles. The maximum absolute atomic E-state index is 13.0. The molecule has 7 nitrogen and oxygen atoms in total. The number of carbonyl (C=O) groups is 1. The molecule has 0 aliphatic carbocycles. The van der Waals surface area contributed by atoms with Gasteiger partial charge in [-0.25, -0.2) is 4.79 Å². The van der Waals surface area contributed by atoms with Crippen LogP contribution in [0.2, 0.25) is 0 Å². The van der Waals surface area contributed by atoms with Crippen molar-refractivity contribution in [3.63, 3.8) is 0 Å². The Labute approximate surface area is 216 Å². The van der Waals surface area contributed by atoms with E-state index in [1.807, 2.05) is 55.1 Å². The molecule has 2 aromatic carbocycles. The summed E-state index contributed by atoms with van der Waals surface area (Å²) in [6, 6.07) is 18.3. The maximum Gasteiger partial charge on any atom is 0.331 e. The first-order valence-electron chi connectivity index (χ1n) is 13.3. The van der Waals surface area contributed by atoms with Crippen molar-refractivity contribution < 1.29 is 4.79 Å². The fourth-order valence-electron chi connectivity index (χ4n) is 5.28. The number of hydrogen-bond donors (Lipinski definition) is 1. The summed E-state index contributed by atoms with van der Waals surface area (Å²) in [6.07, 6.45) is 3.60. The number of benzene rings is 2. The Morgan fingerprint density at radius 2 is 1.62 bits per heavy atom. The molecule has 0 bridgehead atoms. The van der Waals surface area contributed by atoms with Crippen molar-refractivity contribution in [1.29, 1.82) is 0 Å². The van der Waals surface area contributed by atoms with Gasteiger partial charge < -0.3 is 9.88 Å². The van der Waals surface area contributed by atoms with E-state index in [0.717, 1.165) is 42.6 Å². The SMILES string of the molecule is CCCn1c(=O)c2[nH]c(-c3ccc(CCC(=O)N4CCc5ccccc5C4)cc3)cc2n(CCC)c1=O. The normalized spacial score (nSPS) is 13.2. The molecule has 4 aromatic rings. The monoisotopic (exact) mass is 498 g/mol. The van der Waals surface area contributed by atoms with Crippen molar-refractivity contribution >= 4 is 16.9 Å². The summed E-state index contributed by atoms with van der Waals surface area (Å²) in [5.41, 5.74) is 6.03. The van der Waals surface area contributed by atoms with Crippen molar-refractivity contribution in [2.45, 2.75) is 65.6 Å². The van der Waals surface area contributed by atoms with Gasteiger partial charge in [0.2, 0.25) is 5.91 Å². The summed E-state index contributed by atoms with van der Waals surface area (Å²) >= 11 is 0. The molecule has 0 unspecified atom stereocenters. The number of fused-ring (bicyclic) bond motifs is 2. The van der Waals surface area contributed by atoms with Crippen LogP contribution in [0.15, 0.2) is 64.2 Å². The predicted octanol–water partition coefficient (Wildman–Crippen LogP) is 4.50. The Morgan fingerprint density at radius 1 is 0.919 bits per heavy atom. The van der Waals surface area contributed by atoms with Gasteiger partial charge in [-0.1, -0.05) is 62.4 Å². The lowest BCUT2D eigenvalue weighted by Crippen LogP contribution is -2.39. The quantitative estimate of drug-likeness (QED) is 0.389. The molecule has 0 fully saturated rings. The van der Waals surface area contributed by atoms with E-state index in [4.69, 9.17) is 0 Å². The van der Waals surface area contributed by atoms with Crippen LogP contribution < -0.4 is 11.2 Å². The van der Waals surface area contributed by atoms with Crippen LogP contribution in [-0.4, -0.2) is 31.5 Å². The molecule has 0 saturated carbocycles. The average molecular weight is 499 g/mol. The molecular weight excluding hydrogens is 464 g/mol. The first-order valence-corrected chi connectivity index (χ1v) is 13.3. The number of aromatic nitrogens is 3. The summed E-state index contributed by atoms with van der Waals surface area (Å²) in [4.78, 5) is 44.1. The van der Waals surface area contributed by atoms with Crippen LogP contribution in [0.3, 0.4) is 0 Å². The van der Waals surface area contributed by atoms with Crippen molar-refractivity contribution in [2.24, 2.45) is 0 Å². The molecule has 2 aromatic heterocycles. The lowest BCUT2D eigenvalue weighted by molar-refractivity contribution is -0.132. The molecule has 1 aliphatic heterocycles. The highest BCUT2D eigenvalue weighted by Gasteiger charge is 2.20. The lowest BCUT2D eigenvalue weighted by Gasteiger charge is -2.29. The highest BCUT2D eigenvalue weighted by atomic mass is 16.2. The Balaban J connectivity index is 1.32. The first-order chi connectivity index (χ1) is 18.0. The number of hydrogen-bond acceptors (Lipinski definition) is 3. The molecular formula is C30H34N4O3. The Kier molecular flexibility index (Phi) is 7.12. The van der Waals surface area contributed by atoms with Gasteiger partial charge in [-0.2, -0.15) is 0 Å². The highest BCUT2D eigenvalue weighted by molar-refractivity contribution is 5.82. The summed E-state index contributed by atoms with van der Waals surface area (Å²) < 4.78 is 3.03. The second-order valence-corrected chi connectivity index (χ2v) is 9.87. The molecule has 0 saturated heterocycles. The molecule has 1 aliphatic rings. The van der Waals surface area contributed by atoms with E-state index in [2.05, 4.69) is 23.2 Å². The number of H-pyrrole nitrogens is 1. The van der Waals surface area contributed by atoms with Crippen LogP contribution in [0, 0.1) is 0 Å². The van der Waals surface area contributed by atoms with E-state index in [1.54, 1.807) is 4.57 Å². The minimum absolute atomic E-state index is 0.187. The fraction of sp³-hybridized carbons (Fsp3) is 0.367. The van der Waals surface area contributed by atoms with Crippen LogP contribution in [0.4, 0.5) is 0 Å². The van der Waals surface area contributed by atoms with Gasteiger partial charge in [-0.15, -0.1) is 0 Å². The van der Waals surface area contributed by atoms with Gasteiger partial charge in [-0.3, -0.25) is 18.7 Å². The number of aryl methyl sites for hydroxylation is 2. The summed E-state index contributed by atoms with van der Waals surface area (Å²) in [6.45, 7) is 6.42. The highest BCUT2D eigenvalue weighted by Crippen LogP contribution is 2.24. The smallest absolute Gasteiger partial charge is 0.331 e. The summed E-state index contributed by atoms with van der Waals surface area (Å²) in [7, 11) is 0. The zero-order valence-corrected chi connectivity index (χ0v) is 21.6. The molecule has 0 atom stereocenters. The molecule has 0 radical (unpaired) electrons. The van der Waals surface area contributed by atoms with E-state index in [-0.39, 0.29) is 17.2 Å². The van der Waals surface area contributed by atoms with Crippen molar-refractivity contribution in [3.8, 4) is 11.3 Å². The van der Waals surface area contributed by atoms with Crippen molar-refractivity contribution in [3.05, 3.63) is 92.1 Å². The minimum atomic E-state index is -0.268. The second kappa shape index (κ2) is 10.6. The molecule has 37 heavy (non-hydrogen) atoms. The predicted molar refractivity (Wildman–Crippen MR) is 147 cm³/mol. The molecule has 1 N–H and O–H groups in total. The summed E-state index contributed by atoms with van der Waals surface area (Å²) in [5.74, 6) is 0.187. The van der Waals surface area contributed by atoms with Crippen LogP contribution >= 0.6 is 0 Å². The zero-order chi connectivity index (χ0) is 25.9. The largest absolute Gasteiger partial charge is 0.349 e. The minimum Gasteiger partial charge on any atom is -0.349 e. The Morgan fingerprint density at radius 3 is 2.35 bits per heavy atom. The number of amides is 1. The number of aromatic amines is 1. The molecule has 192 valence electrons. The molecule has 1 amide bonds.